The van der Waals surface area contributed by atoms with Crippen LogP contribution in [0.1, 0.15) is 16.1 Å². The van der Waals surface area contributed by atoms with Gasteiger partial charge in [0.25, 0.3) is 5.91 Å². The van der Waals surface area contributed by atoms with Crippen molar-refractivity contribution >= 4 is 11.7 Å². The maximum absolute atomic E-state index is 11.8. The van der Waals surface area contributed by atoms with Gasteiger partial charge in [0.1, 0.15) is 5.69 Å². The molecule has 1 aromatic rings. The molecule has 0 saturated carbocycles. The molecule has 0 spiro atoms. The summed E-state index contributed by atoms with van der Waals surface area (Å²) in [5.74, 6) is -0.346. The first-order valence-corrected chi connectivity index (χ1v) is 6.49. The summed E-state index contributed by atoms with van der Waals surface area (Å²) in [5.41, 5.74) is 6.12. The van der Waals surface area contributed by atoms with Crippen molar-refractivity contribution in [3.8, 4) is 0 Å². The van der Waals surface area contributed by atoms with Crippen LogP contribution >= 0.6 is 0 Å². The molecular formula is C13H21N5O3. The molecule has 1 heterocycles. The van der Waals surface area contributed by atoms with E-state index in [-0.39, 0.29) is 17.4 Å². The Morgan fingerprint density at radius 2 is 2.24 bits per heavy atom. The van der Waals surface area contributed by atoms with Crippen molar-refractivity contribution in [1.29, 1.82) is 0 Å². The number of nitrogens with two attached hydrogens (primary N) is 1. The average molecular weight is 295 g/mol. The molecule has 8 nitrogen and oxygen atoms in total. The van der Waals surface area contributed by atoms with Gasteiger partial charge in [0.05, 0.1) is 13.2 Å². The highest BCUT2D eigenvalue weighted by Gasteiger charge is 2.07. The van der Waals surface area contributed by atoms with E-state index in [0.29, 0.717) is 25.3 Å². The maximum atomic E-state index is 11.8. The highest BCUT2D eigenvalue weighted by molar-refractivity contribution is 5.98. The van der Waals surface area contributed by atoms with Gasteiger partial charge in [-0.3, -0.25) is 9.78 Å². The van der Waals surface area contributed by atoms with E-state index in [1.807, 2.05) is 19.0 Å². The van der Waals surface area contributed by atoms with Gasteiger partial charge in [0.15, 0.2) is 5.84 Å². The van der Waals surface area contributed by atoms with Crippen molar-refractivity contribution in [2.75, 3.05) is 40.4 Å². The molecule has 0 aliphatic carbocycles. The number of rotatable bonds is 8. The van der Waals surface area contributed by atoms with Crippen LogP contribution in [0, 0.1) is 0 Å². The van der Waals surface area contributed by atoms with E-state index in [2.05, 4.69) is 15.5 Å². The van der Waals surface area contributed by atoms with Gasteiger partial charge in [0, 0.05) is 24.8 Å². The average Bonchev–Trinajstić information content (AvgIpc) is 2.49. The molecule has 0 fully saturated rings. The topological polar surface area (TPSA) is 113 Å². The normalized spacial score (nSPS) is 11.7. The second-order valence-corrected chi connectivity index (χ2v) is 4.59. The van der Waals surface area contributed by atoms with Crippen molar-refractivity contribution in [2.45, 2.75) is 0 Å². The van der Waals surface area contributed by atoms with E-state index in [0.717, 1.165) is 6.54 Å². The van der Waals surface area contributed by atoms with Gasteiger partial charge in [-0.15, -0.1) is 0 Å². The van der Waals surface area contributed by atoms with Crippen molar-refractivity contribution < 1.29 is 14.7 Å². The van der Waals surface area contributed by atoms with E-state index in [1.165, 1.54) is 12.3 Å². The summed E-state index contributed by atoms with van der Waals surface area (Å²) in [7, 11) is 3.93. The number of amidine groups is 1. The summed E-state index contributed by atoms with van der Waals surface area (Å²) in [6.07, 6.45) is 1.37. The molecule has 0 aliphatic heterocycles. The van der Waals surface area contributed by atoms with E-state index in [1.54, 1.807) is 6.07 Å². The number of pyridine rings is 1. The first-order chi connectivity index (χ1) is 10.0. The molecule has 1 amide bonds. The SMILES string of the molecule is CN(C)CCOCCNC(=O)c1ccc(/C(N)=N/O)cn1. The highest BCUT2D eigenvalue weighted by atomic mass is 16.5. The molecule has 1 rings (SSSR count). The molecule has 0 radical (unpaired) electrons. The number of oxime groups is 1. The van der Waals surface area contributed by atoms with E-state index < -0.39 is 0 Å². The zero-order chi connectivity index (χ0) is 15.7. The minimum absolute atomic E-state index is 0.0521. The first-order valence-electron chi connectivity index (χ1n) is 6.49. The van der Waals surface area contributed by atoms with Crippen molar-refractivity contribution in [2.24, 2.45) is 10.9 Å². The van der Waals surface area contributed by atoms with Crippen molar-refractivity contribution in [3.05, 3.63) is 29.6 Å². The number of carbonyl (C=O) groups is 1. The number of nitrogens with one attached hydrogen (secondary N) is 1. The third kappa shape index (κ3) is 6.19. The van der Waals surface area contributed by atoms with Gasteiger partial charge in [0.2, 0.25) is 0 Å². The fraction of sp³-hybridized carbons (Fsp3) is 0.462. The van der Waals surface area contributed by atoms with Gasteiger partial charge in [-0.2, -0.15) is 0 Å². The third-order valence-electron chi connectivity index (χ3n) is 2.61. The molecule has 0 unspecified atom stereocenters. The predicted molar refractivity (Wildman–Crippen MR) is 78.5 cm³/mol. The van der Waals surface area contributed by atoms with E-state index in [9.17, 15) is 4.79 Å². The number of nitrogens with zero attached hydrogens (tertiary/aromatic N) is 3. The lowest BCUT2D eigenvalue weighted by Gasteiger charge is -2.10. The van der Waals surface area contributed by atoms with Crippen molar-refractivity contribution in [3.63, 3.8) is 0 Å². The van der Waals surface area contributed by atoms with Crippen molar-refractivity contribution in [1.82, 2.24) is 15.2 Å². The number of ether oxygens (including phenoxy) is 1. The molecular weight excluding hydrogens is 274 g/mol. The predicted octanol–water partition coefficient (Wildman–Crippen LogP) is -0.516. The lowest BCUT2D eigenvalue weighted by molar-refractivity contribution is 0.0896. The Morgan fingerprint density at radius 1 is 1.48 bits per heavy atom. The fourth-order valence-corrected chi connectivity index (χ4v) is 1.41. The lowest BCUT2D eigenvalue weighted by Crippen LogP contribution is -2.29. The molecule has 116 valence electrons. The summed E-state index contributed by atoms with van der Waals surface area (Å²) in [4.78, 5) is 17.8. The Bertz CT molecular complexity index is 473. The minimum atomic E-state index is -0.294. The van der Waals surface area contributed by atoms with Crippen LogP contribution in [0.4, 0.5) is 0 Å². The third-order valence-corrected chi connectivity index (χ3v) is 2.61. The summed E-state index contributed by atoms with van der Waals surface area (Å²) in [6.45, 7) is 2.32. The summed E-state index contributed by atoms with van der Waals surface area (Å²) < 4.78 is 5.36. The molecule has 8 heteroatoms. The second-order valence-electron chi connectivity index (χ2n) is 4.59. The zero-order valence-corrected chi connectivity index (χ0v) is 12.2. The van der Waals surface area contributed by atoms with Crippen LogP contribution in [0.25, 0.3) is 0 Å². The number of aromatic nitrogens is 1. The molecule has 4 N–H and O–H groups in total. The summed E-state index contributed by atoms with van der Waals surface area (Å²) in [5, 5.41) is 14.1. The number of carbonyl (C=O) groups excluding carboxylic acids is 1. The molecule has 0 bridgehead atoms. The minimum Gasteiger partial charge on any atom is -0.409 e. The standard InChI is InChI=1S/C13H21N5O3/c1-18(2)6-8-21-7-5-15-13(19)11-4-3-10(9-16-11)12(14)17-20/h3-4,9,20H,5-8H2,1-2H3,(H2,14,17)(H,15,19). The monoisotopic (exact) mass is 295 g/mol. The fourth-order valence-electron chi connectivity index (χ4n) is 1.41. The van der Waals surface area contributed by atoms with Gasteiger partial charge in [-0.25, -0.2) is 0 Å². The Kier molecular flexibility index (Phi) is 7.13. The maximum Gasteiger partial charge on any atom is 0.269 e. The van der Waals surface area contributed by atoms with Gasteiger partial charge in [-0.05, 0) is 26.2 Å². The van der Waals surface area contributed by atoms with Gasteiger partial charge < -0.3 is 25.9 Å². The molecule has 21 heavy (non-hydrogen) atoms. The molecule has 0 saturated heterocycles. The van der Waals surface area contributed by atoms with Crippen LogP contribution in [0.2, 0.25) is 0 Å². The Hall–Kier alpha value is -2.19. The number of hydrogen-bond acceptors (Lipinski definition) is 6. The van der Waals surface area contributed by atoms with Gasteiger partial charge in [-0.1, -0.05) is 5.16 Å². The smallest absolute Gasteiger partial charge is 0.269 e. The van der Waals surface area contributed by atoms with E-state index >= 15 is 0 Å². The number of amides is 1. The number of hydrogen-bond donors (Lipinski definition) is 3. The summed E-state index contributed by atoms with van der Waals surface area (Å²) >= 11 is 0. The van der Waals surface area contributed by atoms with Crippen LogP contribution in [0.15, 0.2) is 23.5 Å². The lowest BCUT2D eigenvalue weighted by atomic mass is 10.2. The number of likely N-dealkylation sites (N-methyl/N-ethyl adjacent to an activating group) is 1. The van der Waals surface area contributed by atoms with E-state index in [4.69, 9.17) is 15.7 Å². The quantitative estimate of drug-likeness (QED) is 0.196. The Morgan fingerprint density at radius 3 is 2.81 bits per heavy atom. The van der Waals surface area contributed by atoms with Crippen LogP contribution in [-0.4, -0.2) is 67.2 Å². The molecule has 0 atom stereocenters. The van der Waals surface area contributed by atoms with Crippen LogP contribution in [0.5, 0.6) is 0 Å². The van der Waals surface area contributed by atoms with Crippen LogP contribution in [0.3, 0.4) is 0 Å². The molecule has 0 aromatic carbocycles. The Labute approximate surface area is 123 Å². The largest absolute Gasteiger partial charge is 0.409 e. The highest BCUT2D eigenvalue weighted by Crippen LogP contribution is 2.00. The van der Waals surface area contributed by atoms with Gasteiger partial charge >= 0.3 is 0 Å². The summed E-state index contributed by atoms with van der Waals surface area (Å²) in [6, 6.07) is 3.07. The Balaban J connectivity index is 2.32. The molecule has 0 aliphatic rings. The zero-order valence-electron chi connectivity index (χ0n) is 12.2. The second kappa shape index (κ2) is 8.88. The van der Waals surface area contributed by atoms with Crippen LogP contribution in [-0.2, 0) is 4.74 Å². The van der Waals surface area contributed by atoms with Crippen LogP contribution < -0.4 is 11.1 Å². The first kappa shape index (κ1) is 16.9. The molecule has 1 aromatic heterocycles.